The minimum atomic E-state index is -0.304. The van der Waals surface area contributed by atoms with Crippen LogP contribution >= 0.6 is 11.6 Å². The van der Waals surface area contributed by atoms with E-state index in [0.29, 0.717) is 5.92 Å². The topological polar surface area (TPSA) is 23.5 Å². The summed E-state index contributed by atoms with van der Waals surface area (Å²) in [6.45, 7) is 4.75. The zero-order chi connectivity index (χ0) is 15.5. The minimum Gasteiger partial charge on any atom is -0.393 e. The van der Waals surface area contributed by atoms with E-state index in [0.717, 1.165) is 24.7 Å². The summed E-state index contributed by atoms with van der Waals surface area (Å²) in [7, 11) is 0. The number of benzene rings is 2. The number of aliphatic hydroxyl groups excluding tert-OH is 1. The van der Waals surface area contributed by atoms with Crippen molar-refractivity contribution in [3.63, 3.8) is 0 Å². The number of aliphatic hydroxyl groups is 1. The first-order valence-electron chi connectivity index (χ1n) is 7.83. The third-order valence-electron chi connectivity index (χ3n) is 4.61. The fraction of sp³-hybridized carbons (Fsp3) is 0.368. The lowest BCUT2D eigenvalue weighted by Crippen LogP contribution is -2.25. The maximum atomic E-state index is 10.2. The summed E-state index contributed by atoms with van der Waals surface area (Å²) in [5.41, 5.74) is 2.59. The summed E-state index contributed by atoms with van der Waals surface area (Å²) in [6, 6.07) is 18.6. The maximum absolute atomic E-state index is 10.2. The molecule has 2 aromatic rings. The first-order chi connectivity index (χ1) is 10.6. The second-order valence-electron chi connectivity index (χ2n) is 6.24. The largest absolute Gasteiger partial charge is 0.393 e. The SMILES string of the molecule is C[C@H](O)[C@@H]1CN(Cc2ccccc2)C[C@@H]1c1ccc(Cl)cc1. The highest BCUT2D eigenvalue weighted by molar-refractivity contribution is 6.30. The quantitative estimate of drug-likeness (QED) is 0.924. The Hall–Kier alpha value is -1.35. The average Bonchev–Trinajstić information content (AvgIpc) is 2.93. The lowest BCUT2D eigenvalue weighted by atomic mass is 9.86. The molecule has 0 unspecified atom stereocenters. The highest BCUT2D eigenvalue weighted by Gasteiger charge is 2.36. The highest BCUT2D eigenvalue weighted by Crippen LogP contribution is 2.35. The highest BCUT2D eigenvalue weighted by atomic mass is 35.5. The van der Waals surface area contributed by atoms with Crippen molar-refractivity contribution in [2.75, 3.05) is 13.1 Å². The van der Waals surface area contributed by atoms with Crippen LogP contribution in [-0.4, -0.2) is 29.2 Å². The normalized spacial score (nSPS) is 23.6. The summed E-state index contributed by atoms with van der Waals surface area (Å²) in [5, 5.41) is 10.9. The number of hydrogen-bond donors (Lipinski definition) is 1. The van der Waals surface area contributed by atoms with E-state index in [1.807, 2.05) is 25.1 Å². The predicted molar refractivity (Wildman–Crippen MR) is 91.1 cm³/mol. The molecule has 0 spiro atoms. The van der Waals surface area contributed by atoms with Crippen LogP contribution in [-0.2, 0) is 6.54 Å². The molecule has 0 bridgehead atoms. The van der Waals surface area contributed by atoms with Gasteiger partial charge in [-0.2, -0.15) is 0 Å². The van der Waals surface area contributed by atoms with Gasteiger partial charge in [-0.05, 0) is 30.2 Å². The average molecular weight is 316 g/mol. The van der Waals surface area contributed by atoms with Gasteiger partial charge < -0.3 is 5.11 Å². The van der Waals surface area contributed by atoms with Crippen LogP contribution in [0.4, 0.5) is 0 Å². The summed E-state index contributed by atoms with van der Waals surface area (Å²) >= 11 is 5.99. The second kappa shape index (κ2) is 6.82. The Morgan fingerprint density at radius 3 is 2.41 bits per heavy atom. The minimum absolute atomic E-state index is 0.268. The molecule has 1 saturated heterocycles. The predicted octanol–water partition coefficient (Wildman–Crippen LogP) is 3.94. The number of nitrogens with zero attached hydrogens (tertiary/aromatic N) is 1. The summed E-state index contributed by atoms with van der Waals surface area (Å²) in [6.07, 6.45) is -0.304. The molecular weight excluding hydrogens is 294 g/mol. The van der Waals surface area contributed by atoms with Gasteiger partial charge in [0, 0.05) is 36.5 Å². The summed E-state index contributed by atoms with van der Waals surface area (Å²) in [5.74, 6) is 0.630. The molecule has 1 fully saturated rings. The zero-order valence-electron chi connectivity index (χ0n) is 12.8. The number of halogens is 1. The third kappa shape index (κ3) is 3.52. The van der Waals surface area contributed by atoms with Crippen molar-refractivity contribution in [2.45, 2.75) is 25.5 Å². The fourth-order valence-electron chi connectivity index (χ4n) is 3.44. The van der Waals surface area contributed by atoms with Gasteiger partial charge in [0.15, 0.2) is 0 Å². The Balaban J connectivity index is 1.76. The monoisotopic (exact) mass is 315 g/mol. The number of hydrogen-bond acceptors (Lipinski definition) is 2. The van der Waals surface area contributed by atoms with Gasteiger partial charge in [0.2, 0.25) is 0 Å². The lowest BCUT2D eigenvalue weighted by molar-refractivity contribution is 0.120. The van der Waals surface area contributed by atoms with E-state index in [-0.39, 0.29) is 12.0 Å². The van der Waals surface area contributed by atoms with Gasteiger partial charge in [0.1, 0.15) is 0 Å². The lowest BCUT2D eigenvalue weighted by Gasteiger charge is -2.21. The van der Waals surface area contributed by atoms with Gasteiger partial charge in [-0.3, -0.25) is 4.90 Å². The molecule has 3 atom stereocenters. The summed E-state index contributed by atoms with van der Waals surface area (Å²) in [4.78, 5) is 2.44. The standard InChI is InChI=1S/C19H22ClNO/c1-14(22)18-12-21(11-15-5-3-2-4-6-15)13-19(18)16-7-9-17(20)10-8-16/h2-10,14,18-19,22H,11-13H2,1H3/t14-,18-,19+/m0/s1. The number of likely N-dealkylation sites (tertiary alicyclic amines) is 1. The van der Waals surface area contributed by atoms with Crippen LogP contribution in [0.15, 0.2) is 54.6 Å². The molecule has 0 aliphatic carbocycles. The molecule has 2 nitrogen and oxygen atoms in total. The van der Waals surface area contributed by atoms with Crippen molar-refractivity contribution in [3.05, 3.63) is 70.7 Å². The molecule has 1 N–H and O–H groups in total. The smallest absolute Gasteiger partial charge is 0.0558 e. The Morgan fingerprint density at radius 2 is 1.77 bits per heavy atom. The van der Waals surface area contributed by atoms with E-state index >= 15 is 0 Å². The van der Waals surface area contributed by atoms with E-state index in [4.69, 9.17) is 11.6 Å². The molecular formula is C19H22ClNO. The van der Waals surface area contributed by atoms with Crippen LogP contribution in [0, 0.1) is 5.92 Å². The molecule has 0 saturated carbocycles. The third-order valence-corrected chi connectivity index (χ3v) is 4.86. The van der Waals surface area contributed by atoms with Crippen molar-refractivity contribution < 1.29 is 5.11 Å². The van der Waals surface area contributed by atoms with Gasteiger partial charge in [0.25, 0.3) is 0 Å². The van der Waals surface area contributed by atoms with Gasteiger partial charge in [0.05, 0.1) is 6.10 Å². The molecule has 3 heteroatoms. The van der Waals surface area contributed by atoms with Crippen LogP contribution in [0.2, 0.25) is 5.02 Å². The Kier molecular flexibility index (Phi) is 4.82. The molecule has 1 aliphatic heterocycles. The van der Waals surface area contributed by atoms with Crippen molar-refractivity contribution in [3.8, 4) is 0 Å². The van der Waals surface area contributed by atoms with E-state index in [2.05, 4.69) is 41.3 Å². The van der Waals surface area contributed by atoms with E-state index < -0.39 is 0 Å². The Labute approximate surface area is 137 Å². The first kappa shape index (κ1) is 15.5. The zero-order valence-corrected chi connectivity index (χ0v) is 13.6. The maximum Gasteiger partial charge on any atom is 0.0558 e. The van der Waals surface area contributed by atoms with Crippen LogP contribution in [0.5, 0.6) is 0 Å². The van der Waals surface area contributed by atoms with Crippen molar-refractivity contribution in [1.29, 1.82) is 0 Å². The van der Waals surface area contributed by atoms with Crippen LogP contribution < -0.4 is 0 Å². The molecule has 3 rings (SSSR count). The van der Waals surface area contributed by atoms with Crippen molar-refractivity contribution in [1.82, 2.24) is 4.90 Å². The molecule has 0 amide bonds. The van der Waals surface area contributed by atoms with E-state index in [1.165, 1.54) is 11.1 Å². The van der Waals surface area contributed by atoms with E-state index in [9.17, 15) is 5.11 Å². The van der Waals surface area contributed by atoms with Crippen LogP contribution in [0.1, 0.15) is 24.0 Å². The Morgan fingerprint density at radius 1 is 1.09 bits per heavy atom. The molecule has 22 heavy (non-hydrogen) atoms. The van der Waals surface area contributed by atoms with Gasteiger partial charge in [-0.15, -0.1) is 0 Å². The van der Waals surface area contributed by atoms with Gasteiger partial charge in [-0.25, -0.2) is 0 Å². The van der Waals surface area contributed by atoms with E-state index in [1.54, 1.807) is 0 Å². The molecule has 2 aromatic carbocycles. The molecule has 1 heterocycles. The molecule has 1 aliphatic rings. The second-order valence-corrected chi connectivity index (χ2v) is 6.68. The first-order valence-corrected chi connectivity index (χ1v) is 8.21. The van der Waals surface area contributed by atoms with Gasteiger partial charge in [-0.1, -0.05) is 54.1 Å². The van der Waals surface area contributed by atoms with Crippen molar-refractivity contribution in [2.24, 2.45) is 5.92 Å². The summed E-state index contributed by atoms with van der Waals surface area (Å²) < 4.78 is 0. The Bertz CT molecular complexity index is 597. The molecule has 0 radical (unpaired) electrons. The molecule has 0 aromatic heterocycles. The van der Waals surface area contributed by atoms with Crippen LogP contribution in [0.25, 0.3) is 0 Å². The number of rotatable bonds is 4. The van der Waals surface area contributed by atoms with Crippen LogP contribution in [0.3, 0.4) is 0 Å². The van der Waals surface area contributed by atoms with Gasteiger partial charge >= 0.3 is 0 Å². The molecule has 116 valence electrons. The fourth-order valence-corrected chi connectivity index (χ4v) is 3.56. The van der Waals surface area contributed by atoms with Crippen molar-refractivity contribution >= 4 is 11.6 Å².